The molecule has 0 aliphatic carbocycles. The van der Waals surface area contributed by atoms with Crippen LogP contribution >= 0.6 is 0 Å². The zero-order valence-electron chi connectivity index (χ0n) is 24.7. The molecule has 43 heavy (non-hydrogen) atoms. The molecule has 1 fully saturated rings. The summed E-state index contributed by atoms with van der Waals surface area (Å²) in [4.78, 5) is 53.3. The van der Waals surface area contributed by atoms with E-state index in [0.717, 1.165) is 0 Å². The molecule has 13 heteroatoms. The third kappa shape index (κ3) is 6.15. The first kappa shape index (κ1) is 29.5. The number of hydrogen-bond donors (Lipinski definition) is 0. The van der Waals surface area contributed by atoms with Crippen LogP contribution < -0.4 is 4.90 Å². The van der Waals surface area contributed by atoms with Crippen molar-refractivity contribution in [2.24, 2.45) is 0 Å². The Morgan fingerprint density at radius 3 is 2.47 bits per heavy atom. The number of anilines is 1. The van der Waals surface area contributed by atoms with Crippen molar-refractivity contribution in [3.8, 4) is 5.69 Å². The Hall–Kier alpha value is -4.94. The van der Waals surface area contributed by atoms with E-state index in [1.807, 2.05) is 0 Å². The first-order chi connectivity index (χ1) is 20.4. The number of fused-ring (bicyclic) bond motifs is 1. The number of nitrogens with zero attached hydrogens (tertiary/aromatic N) is 8. The normalized spacial score (nSPS) is 15.3. The third-order valence-corrected chi connectivity index (χ3v) is 6.92. The Morgan fingerprint density at radius 1 is 1.00 bits per heavy atom. The molecule has 0 spiro atoms. The Balaban J connectivity index is 1.55. The number of carbonyl (C=O) groups is 3. The lowest BCUT2D eigenvalue weighted by Crippen LogP contribution is -2.53. The molecule has 3 amide bonds. The highest BCUT2D eigenvalue weighted by atomic mass is 19.1. The summed E-state index contributed by atoms with van der Waals surface area (Å²) in [7, 11) is 3.19. The molecule has 4 heterocycles. The van der Waals surface area contributed by atoms with Crippen LogP contribution in [0.25, 0.3) is 16.9 Å². The lowest BCUT2D eigenvalue weighted by Gasteiger charge is -2.39. The summed E-state index contributed by atoms with van der Waals surface area (Å²) in [6.07, 6.45) is 3.59. The molecule has 3 aromatic heterocycles. The van der Waals surface area contributed by atoms with Crippen molar-refractivity contribution in [1.29, 1.82) is 0 Å². The van der Waals surface area contributed by atoms with Crippen molar-refractivity contribution in [3.05, 3.63) is 71.8 Å². The maximum Gasteiger partial charge on any atom is 0.410 e. The Bertz CT molecular complexity index is 1680. The average molecular weight is 589 g/mol. The SMILES string of the molecule is CN(C)C(=O)c1cccnc1N(C(=O)c1ccc(-n2nnc3cccnc32)cc1F)[C@@H]1CCCN(C(=O)OC(C)(C)C)C1. The fourth-order valence-corrected chi connectivity index (χ4v) is 4.97. The van der Waals surface area contributed by atoms with Crippen LogP contribution in [-0.4, -0.2) is 91.5 Å². The van der Waals surface area contributed by atoms with Gasteiger partial charge in [0.25, 0.3) is 11.8 Å². The zero-order chi connectivity index (χ0) is 30.9. The van der Waals surface area contributed by atoms with Crippen molar-refractivity contribution < 1.29 is 23.5 Å². The average Bonchev–Trinajstić information content (AvgIpc) is 3.40. The summed E-state index contributed by atoms with van der Waals surface area (Å²) in [6.45, 7) is 5.88. The molecule has 0 N–H and O–H groups in total. The van der Waals surface area contributed by atoms with E-state index in [0.29, 0.717) is 36.2 Å². The molecule has 5 rings (SSSR count). The Morgan fingerprint density at radius 2 is 1.74 bits per heavy atom. The van der Waals surface area contributed by atoms with Gasteiger partial charge in [-0.15, -0.1) is 5.10 Å². The van der Waals surface area contributed by atoms with Crippen LogP contribution in [0.3, 0.4) is 0 Å². The van der Waals surface area contributed by atoms with E-state index in [4.69, 9.17) is 4.74 Å². The number of pyridine rings is 2. The minimum absolute atomic E-state index is 0.0807. The van der Waals surface area contributed by atoms with Gasteiger partial charge < -0.3 is 14.5 Å². The summed E-state index contributed by atoms with van der Waals surface area (Å²) in [5.74, 6) is -1.80. The van der Waals surface area contributed by atoms with Crippen LogP contribution in [0.4, 0.5) is 15.0 Å². The highest BCUT2D eigenvalue weighted by Gasteiger charge is 2.37. The topological polar surface area (TPSA) is 127 Å². The van der Waals surface area contributed by atoms with Gasteiger partial charge in [-0.2, -0.15) is 4.68 Å². The molecule has 224 valence electrons. The van der Waals surface area contributed by atoms with Crippen LogP contribution in [0.2, 0.25) is 0 Å². The molecule has 0 unspecified atom stereocenters. The second-order valence-electron chi connectivity index (χ2n) is 11.5. The molecule has 1 saturated heterocycles. The first-order valence-electron chi connectivity index (χ1n) is 13.9. The molecule has 1 aliphatic heterocycles. The number of benzene rings is 1. The lowest BCUT2D eigenvalue weighted by molar-refractivity contribution is 0.0195. The van der Waals surface area contributed by atoms with Crippen LogP contribution in [0.15, 0.2) is 54.9 Å². The number of likely N-dealkylation sites (tertiary alicyclic amines) is 1. The fourth-order valence-electron chi connectivity index (χ4n) is 4.97. The minimum atomic E-state index is -0.802. The van der Waals surface area contributed by atoms with Crippen LogP contribution in [-0.2, 0) is 4.74 Å². The highest BCUT2D eigenvalue weighted by molar-refractivity contribution is 6.10. The predicted octanol–water partition coefficient (Wildman–Crippen LogP) is 4.10. The standard InChI is InChI=1S/C30H33FN8O4/c1-30(2,3)43-29(42)37-16-8-9-20(18-37)38(25-22(10-6-14-32-25)27(40)36(4)5)28(41)21-13-12-19(17-23(21)31)39-26-24(34-35-39)11-7-15-33-26/h6-7,10-15,17,20H,8-9,16,18H2,1-5H3/t20-/m1/s1. The molecule has 4 aromatic rings. The third-order valence-electron chi connectivity index (χ3n) is 6.92. The molecular formula is C30H33FN8O4. The van der Waals surface area contributed by atoms with Gasteiger partial charge in [0.05, 0.1) is 22.9 Å². The van der Waals surface area contributed by atoms with Crippen molar-refractivity contribution in [2.75, 3.05) is 32.1 Å². The largest absolute Gasteiger partial charge is 0.444 e. The summed E-state index contributed by atoms with van der Waals surface area (Å²) in [5, 5.41) is 8.14. The number of hydrogen-bond acceptors (Lipinski definition) is 8. The number of carbonyl (C=O) groups excluding carboxylic acids is 3. The predicted molar refractivity (Wildman–Crippen MR) is 157 cm³/mol. The monoisotopic (exact) mass is 588 g/mol. The van der Waals surface area contributed by atoms with E-state index >= 15 is 4.39 Å². The van der Waals surface area contributed by atoms with E-state index in [2.05, 4.69) is 20.3 Å². The molecular weight excluding hydrogens is 555 g/mol. The number of piperidine rings is 1. The van der Waals surface area contributed by atoms with Crippen LogP contribution in [0, 0.1) is 5.82 Å². The number of ether oxygens (including phenoxy) is 1. The van der Waals surface area contributed by atoms with E-state index in [1.54, 1.807) is 71.4 Å². The Labute approximate surface area is 248 Å². The summed E-state index contributed by atoms with van der Waals surface area (Å²) in [5.41, 5.74) is 0.539. The second-order valence-corrected chi connectivity index (χ2v) is 11.5. The van der Waals surface area contributed by atoms with E-state index < -0.39 is 29.5 Å². The number of aromatic nitrogens is 5. The molecule has 0 saturated carbocycles. The molecule has 12 nitrogen and oxygen atoms in total. The van der Waals surface area contributed by atoms with Gasteiger partial charge in [-0.1, -0.05) is 5.21 Å². The van der Waals surface area contributed by atoms with E-state index in [-0.39, 0.29) is 29.4 Å². The highest BCUT2D eigenvalue weighted by Crippen LogP contribution is 2.29. The van der Waals surface area contributed by atoms with E-state index in [9.17, 15) is 14.4 Å². The van der Waals surface area contributed by atoms with Gasteiger partial charge >= 0.3 is 6.09 Å². The van der Waals surface area contributed by atoms with E-state index in [1.165, 1.54) is 37.7 Å². The minimum Gasteiger partial charge on any atom is -0.444 e. The van der Waals surface area contributed by atoms with Gasteiger partial charge in [-0.25, -0.2) is 19.2 Å². The molecule has 1 aliphatic rings. The summed E-state index contributed by atoms with van der Waals surface area (Å²) < 4.78 is 22.8. The quantitative estimate of drug-likeness (QED) is 0.341. The molecule has 1 aromatic carbocycles. The number of halogens is 1. The van der Waals surface area contributed by atoms with Crippen molar-refractivity contribution in [1.82, 2.24) is 34.8 Å². The van der Waals surface area contributed by atoms with Gasteiger partial charge in [-0.05, 0) is 70.0 Å². The fraction of sp³-hybridized carbons (Fsp3) is 0.367. The number of rotatable bonds is 5. The molecule has 0 bridgehead atoms. The van der Waals surface area contributed by atoms with Crippen LogP contribution in [0.5, 0.6) is 0 Å². The van der Waals surface area contributed by atoms with Crippen molar-refractivity contribution in [3.63, 3.8) is 0 Å². The maximum absolute atomic E-state index is 15.8. The van der Waals surface area contributed by atoms with Gasteiger partial charge in [0.1, 0.15) is 22.8 Å². The van der Waals surface area contributed by atoms with Crippen molar-refractivity contribution >= 4 is 34.9 Å². The smallest absolute Gasteiger partial charge is 0.410 e. The Kier molecular flexibility index (Phi) is 8.07. The van der Waals surface area contributed by atoms with Gasteiger partial charge in [0.2, 0.25) is 0 Å². The molecule has 0 radical (unpaired) electrons. The van der Waals surface area contributed by atoms with Crippen LogP contribution in [0.1, 0.15) is 54.3 Å². The number of amides is 3. The maximum atomic E-state index is 15.8. The zero-order valence-corrected chi connectivity index (χ0v) is 24.7. The molecule has 1 atom stereocenters. The first-order valence-corrected chi connectivity index (χ1v) is 13.9. The summed E-state index contributed by atoms with van der Waals surface area (Å²) >= 11 is 0. The second kappa shape index (κ2) is 11.7. The van der Waals surface area contributed by atoms with Gasteiger partial charge in [-0.3, -0.25) is 14.5 Å². The van der Waals surface area contributed by atoms with Gasteiger partial charge in [0, 0.05) is 45.6 Å². The lowest BCUT2D eigenvalue weighted by atomic mass is 10.0. The summed E-state index contributed by atoms with van der Waals surface area (Å²) in [6, 6.07) is 10.1. The van der Waals surface area contributed by atoms with Crippen molar-refractivity contribution in [2.45, 2.75) is 45.3 Å². The van der Waals surface area contributed by atoms with Gasteiger partial charge in [0.15, 0.2) is 5.65 Å².